The van der Waals surface area contributed by atoms with Crippen molar-refractivity contribution < 1.29 is 4.42 Å². The molecule has 0 unspecified atom stereocenters. The molecule has 3 heteroatoms. The fraction of sp³-hybridized carbons (Fsp3) is 0. The van der Waals surface area contributed by atoms with E-state index in [4.69, 9.17) is 4.42 Å². The van der Waals surface area contributed by atoms with Gasteiger partial charge in [-0.3, -0.25) is 0 Å². The highest BCUT2D eigenvalue weighted by Crippen LogP contribution is 2.50. The molecule has 0 fully saturated rings. The summed E-state index contributed by atoms with van der Waals surface area (Å²) in [5, 5.41) is 4.67. The van der Waals surface area contributed by atoms with Crippen LogP contribution in [0.5, 0.6) is 0 Å². The summed E-state index contributed by atoms with van der Waals surface area (Å²) < 4.78 is 9.48. The first kappa shape index (κ1) is 33.2. The van der Waals surface area contributed by atoms with E-state index in [0.29, 0.717) is 0 Å². The van der Waals surface area contributed by atoms with Crippen molar-refractivity contribution in [2.75, 3.05) is 4.90 Å². The summed E-state index contributed by atoms with van der Waals surface area (Å²) >= 11 is 1.86. The highest BCUT2D eigenvalue weighted by atomic mass is 32.1. The van der Waals surface area contributed by atoms with E-state index in [1.165, 1.54) is 59.1 Å². The summed E-state index contributed by atoms with van der Waals surface area (Å²) in [4.78, 5) is 2.40. The average Bonchev–Trinajstić information content (AvgIpc) is 3.87. The van der Waals surface area contributed by atoms with Crippen LogP contribution in [0.3, 0.4) is 0 Å². The Labute approximate surface area is 335 Å². The van der Waals surface area contributed by atoms with Crippen molar-refractivity contribution in [3.63, 3.8) is 0 Å². The zero-order valence-corrected chi connectivity index (χ0v) is 31.8. The Morgan fingerprint density at radius 2 is 0.912 bits per heavy atom. The molecule has 2 nitrogen and oxygen atoms in total. The number of para-hydroxylation sites is 1. The topological polar surface area (TPSA) is 16.4 Å². The highest BCUT2D eigenvalue weighted by molar-refractivity contribution is 7.26. The van der Waals surface area contributed by atoms with Crippen molar-refractivity contribution in [2.24, 2.45) is 0 Å². The molecule has 0 saturated carbocycles. The molecular weight excluding hydrogens is 711 g/mol. The highest BCUT2D eigenvalue weighted by Gasteiger charge is 2.24. The normalized spacial score (nSPS) is 11.5. The van der Waals surface area contributed by atoms with Crippen molar-refractivity contribution >= 4 is 70.5 Å². The van der Waals surface area contributed by atoms with Crippen LogP contribution in [0, 0.1) is 0 Å². The van der Waals surface area contributed by atoms with Gasteiger partial charge in [-0.15, -0.1) is 11.3 Å². The van der Waals surface area contributed by atoms with Gasteiger partial charge >= 0.3 is 0 Å². The molecule has 11 aromatic rings. The molecule has 0 aliphatic carbocycles. The first-order chi connectivity index (χ1) is 28.3. The molecule has 0 spiro atoms. The number of rotatable bonds is 7. The van der Waals surface area contributed by atoms with Crippen LogP contribution in [-0.2, 0) is 0 Å². The van der Waals surface area contributed by atoms with Crippen molar-refractivity contribution in [2.45, 2.75) is 0 Å². The summed E-state index contributed by atoms with van der Waals surface area (Å²) in [6, 6.07) is 76.2. The number of anilines is 3. The predicted molar refractivity (Wildman–Crippen MR) is 243 cm³/mol. The molecule has 0 atom stereocenters. The minimum atomic E-state index is 0.859. The minimum Gasteiger partial charge on any atom is -0.454 e. The van der Waals surface area contributed by atoms with E-state index in [1.54, 1.807) is 0 Å². The minimum absolute atomic E-state index is 0.859. The van der Waals surface area contributed by atoms with Crippen molar-refractivity contribution in [3.05, 3.63) is 212 Å². The molecule has 0 aliphatic heterocycles. The van der Waals surface area contributed by atoms with Gasteiger partial charge in [0.1, 0.15) is 5.58 Å². The number of thiophene rings is 1. The van der Waals surface area contributed by atoms with Crippen LogP contribution in [0.2, 0.25) is 0 Å². The monoisotopic (exact) mass is 745 g/mol. The first-order valence-electron chi connectivity index (χ1n) is 19.3. The molecule has 0 N–H and O–H groups in total. The fourth-order valence-corrected chi connectivity index (χ4v) is 9.57. The third-order valence-electron chi connectivity index (χ3n) is 11.1. The molecule has 57 heavy (non-hydrogen) atoms. The summed E-state index contributed by atoms with van der Waals surface area (Å²) in [7, 11) is 0. The average molecular weight is 746 g/mol. The van der Waals surface area contributed by atoms with E-state index in [0.717, 1.165) is 44.6 Å². The standard InChI is InChI=1S/C54H35NOS/c1-4-13-36(14-5-1)38-23-25-39(26-24-38)40-27-30-43(31-28-40)55(48-34-33-44(41-17-8-3-9-18-41)54-52(48)47-19-10-11-22-51(47)57-54)49-21-12-20-46-45-32-29-42(35-50(45)56-53(46)49)37-15-6-2-7-16-37/h1-35H. The van der Waals surface area contributed by atoms with Gasteiger partial charge in [0.25, 0.3) is 0 Å². The number of hydrogen-bond donors (Lipinski definition) is 0. The van der Waals surface area contributed by atoms with Crippen LogP contribution < -0.4 is 4.90 Å². The summed E-state index contributed by atoms with van der Waals surface area (Å²) in [6.07, 6.45) is 0. The molecule has 268 valence electrons. The summed E-state index contributed by atoms with van der Waals surface area (Å²) in [5.41, 5.74) is 14.4. The number of benzene rings is 9. The Kier molecular flexibility index (Phi) is 8.04. The molecule has 0 bridgehead atoms. The largest absolute Gasteiger partial charge is 0.454 e. The molecule has 2 aromatic heterocycles. The number of fused-ring (bicyclic) bond motifs is 6. The van der Waals surface area contributed by atoms with Gasteiger partial charge < -0.3 is 9.32 Å². The van der Waals surface area contributed by atoms with Crippen LogP contribution >= 0.6 is 11.3 Å². The Bertz CT molecular complexity index is 3200. The molecule has 0 aliphatic rings. The second-order valence-electron chi connectivity index (χ2n) is 14.5. The maximum atomic E-state index is 6.95. The maximum absolute atomic E-state index is 6.95. The Morgan fingerprint density at radius 3 is 1.60 bits per heavy atom. The third-order valence-corrected chi connectivity index (χ3v) is 12.3. The van der Waals surface area contributed by atoms with Gasteiger partial charge in [-0.05, 0) is 87.0 Å². The van der Waals surface area contributed by atoms with Gasteiger partial charge in [0, 0.05) is 36.6 Å². The van der Waals surface area contributed by atoms with Crippen LogP contribution in [0.25, 0.3) is 86.6 Å². The Hall–Kier alpha value is -7.20. The van der Waals surface area contributed by atoms with Crippen molar-refractivity contribution in [1.29, 1.82) is 0 Å². The lowest BCUT2D eigenvalue weighted by atomic mass is 9.99. The third kappa shape index (κ3) is 5.80. The quantitative estimate of drug-likeness (QED) is 0.162. The lowest BCUT2D eigenvalue weighted by molar-refractivity contribution is 0.669. The molecule has 0 amide bonds. The first-order valence-corrected chi connectivity index (χ1v) is 20.1. The van der Waals surface area contributed by atoms with E-state index >= 15 is 0 Å². The van der Waals surface area contributed by atoms with E-state index < -0.39 is 0 Å². The number of hydrogen-bond acceptors (Lipinski definition) is 3. The molecule has 9 aromatic carbocycles. The number of furan rings is 1. The molecule has 2 heterocycles. The molecule has 0 saturated heterocycles. The zero-order chi connectivity index (χ0) is 37.7. The van der Waals surface area contributed by atoms with Crippen LogP contribution in [0.15, 0.2) is 217 Å². The van der Waals surface area contributed by atoms with Gasteiger partial charge in [0.05, 0.1) is 11.4 Å². The molecule has 11 rings (SSSR count). The van der Waals surface area contributed by atoms with Gasteiger partial charge in [-0.1, -0.05) is 170 Å². The van der Waals surface area contributed by atoms with Crippen molar-refractivity contribution in [3.8, 4) is 44.5 Å². The molecule has 0 radical (unpaired) electrons. The fourth-order valence-electron chi connectivity index (χ4n) is 8.31. The van der Waals surface area contributed by atoms with Gasteiger partial charge in [0.2, 0.25) is 0 Å². The van der Waals surface area contributed by atoms with Crippen LogP contribution in [0.1, 0.15) is 0 Å². The Balaban J connectivity index is 1.11. The van der Waals surface area contributed by atoms with E-state index in [9.17, 15) is 0 Å². The second kappa shape index (κ2) is 13.8. The number of nitrogens with zero attached hydrogens (tertiary/aromatic N) is 1. The molecular formula is C54H35NOS. The van der Waals surface area contributed by atoms with Crippen molar-refractivity contribution in [1.82, 2.24) is 0 Å². The lowest BCUT2D eigenvalue weighted by Gasteiger charge is -2.27. The lowest BCUT2D eigenvalue weighted by Crippen LogP contribution is -2.10. The van der Waals surface area contributed by atoms with Gasteiger partial charge in [-0.2, -0.15) is 0 Å². The maximum Gasteiger partial charge on any atom is 0.159 e. The summed E-state index contributed by atoms with van der Waals surface area (Å²) in [6.45, 7) is 0. The van der Waals surface area contributed by atoms with E-state index in [2.05, 4.69) is 217 Å². The van der Waals surface area contributed by atoms with E-state index in [-0.39, 0.29) is 0 Å². The SMILES string of the molecule is c1ccc(-c2ccc(-c3ccc(N(c4cccc5c4oc4cc(-c6ccccc6)ccc45)c4ccc(-c5ccccc5)c5sc6ccccc6c45)cc3)cc2)cc1. The van der Waals surface area contributed by atoms with Gasteiger partial charge in [0.15, 0.2) is 5.58 Å². The Morgan fingerprint density at radius 1 is 0.368 bits per heavy atom. The van der Waals surface area contributed by atoms with Crippen LogP contribution in [-0.4, -0.2) is 0 Å². The smallest absolute Gasteiger partial charge is 0.159 e. The zero-order valence-electron chi connectivity index (χ0n) is 31.0. The second-order valence-corrected chi connectivity index (χ2v) is 15.5. The summed E-state index contributed by atoms with van der Waals surface area (Å²) in [5.74, 6) is 0. The predicted octanol–water partition coefficient (Wildman–Crippen LogP) is 16.1. The van der Waals surface area contributed by atoms with Crippen LogP contribution in [0.4, 0.5) is 17.1 Å². The van der Waals surface area contributed by atoms with Gasteiger partial charge in [-0.25, -0.2) is 0 Å². The van der Waals surface area contributed by atoms with E-state index in [1.807, 2.05) is 11.3 Å².